The minimum Gasteiger partial charge on any atom is -0.390 e. The lowest BCUT2D eigenvalue weighted by Crippen LogP contribution is -2.16. The highest BCUT2D eigenvalue weighted by molar-refractivity contribution is 7.92. The van der Waals surface area contributed by atoms with E-state index < -0.39 is 10.0 Å². The van der Waals surface area contributed by atoms with Crippen LogP contribution in [0.15, 0.2) is 18.2 Å². The number of benzene rings is 1. The third kappa shape index (κ3) is 3.13. The average Bonchev–Trinajstić information content (AvgIpc) is 2.73. The fraction of sp³-hybridized carbons (Fsp3) is 0.429. The Morgan fingerprint density at radius 3 is 2.75 bits per heavy atom. The predicted molar refractivity (Wildman–Crippen MR) is 81.3 cm³/mol. The molecule has 0 atom stereocenters. The van der Waals surface area contributed by atoms with Crippen LogP contribution in [0.2, 0.25) is 0 Å². The Kier molecular flexibility index (Phi) is 4.35. The molecule has 0 aliphatic heterocycles. The lowest BCUT2D eigenvalue weighted by atomic mass is 10.1. The monoisotopic (exact) mass is 296 g/mol. The third-order valence-corrected chi connectivity index (χ3v) is 4.73. The number of sulfonamides is 1. The molecule has 2 aromatic rings. The molecule has 1 aromatic carbocycles. The molecule has 0 saturated carbocycles. The molecule has 0 spiro atoms. The molecule has 0 radical (unpaired) electrons. The molecule has 0 bridgehead atoms. The van der Waals surface area contributed by atoms with E-state index in [2.05, 4.69) is 9.71 Å². The van der Waals surface area contributed by atoms with Gasteiger partial charge in [0, 0.05) is 22.3 Å². The summed E-state index contributed by atoms with van der Waals surface area (Å²) in [7, 11) is -3.29. The van der Waals surface area contributed by atoms with E-state index in [0.717, 1.165) is 28.6 Å². The van der Waals surface area contributed by atoms with E-state index in [1.165, 1.54) is 0 Å². The van der Waals surface area contributed by atoms with E-state index in [-0.39, 0.29) is 12.4 Å². The van der Waals surface area contributed by atoms with Gasteiger partial charge >= 0.3 is 0 Å². The molecule has 3 N–H and O–H groups in total. The lowest BCUT2D eigenvalue weighted by molar-refractivity contribution is 0.277. The number of unbranched alkanes of at least 4 members (excludes halogenated alkanes) is 1. The van der Waals surface area contributed by atoms with Crippen LogP contribution in [0.1, 0.15) is 31.0 Å². The van der Waals surface area contributed by atoms with Crippen LogP contribution in [-0.4, -0.2) is 24.3 Å². The molecule has 0 saturated heterocycles. The largest absolute Gasteiger partial charge is 0.390 e. The molecule has 110 valence electrons. The van der Waals surface area contributed by atoms with Crippen molar-refractivity contribution in [2.24, 2.45) is 0 Å². The molecular weight excluding hydrogens is 276 g/mol. The Bertz CT molecular complexity index is 705. The van der Waals surface area contributed by atoms with Crippen LogP contribution >= 0.6 is 0 Å². The number of aliphatic hydroxyl groups excluding tert-OH is 1. The summed E-state index contributed by atoms with van der Waals surface area (Å²) in [6.45, 7) is 3.80. The summed E-state index contributed by atoms with van der Waals surface area (Å²) >= 11 is 0. The summed E-state index contributed by atoms with van der Waals surface area (Å²) in [6.07, 6.45) is 1.49. The van der Waals surface area contributed by atoms with Crippen molar-refractivity contribution in [3.8, 4) is 0 Å². The fourth-order valence-corrected chi connectivity index (χ4v) is 3.43. The maximum atomic E-state index is 11.9. The SMILES string of the molecule is CCCCS(=O)(=O)Nc1ccc2[nH]c(CO)c(C)c2c1. The van der Waals surface area contributed by atoms with E-state index in [1.54, 1.807) is 12.1 Å². The van der Waals surface area contributed by atoms with Gasteiger partial charge in [0.1, 0.15) is 0 Å². The molecule has 1 heterocycles. The smallest absolute Gasteiger partial charge is 0.232 e. The van der Waals surface area contributed by atoms with Crippen LogP contribution in [0.5, 0.6) is 0 Å². The van der Waals surface area contributed by atoms with Crippen molar-refractivity contribution >= 4 is 26.6 Å². The van der Waals surface area contributed by atoms with Gasteiger partial charge in [-0.1, -0.05) is 13.3 Å². The first-order valence-corrected chi connectivity index (χ1v) is 8.34. The van der Waals surface area contributed by atoms with Crippen molar-refractivity contribution in [1.29, 1.82) is 0 Å². The Hall–Kier alpha value is -1.53. The van der Waals surface area contributed by atoms with E-state index in [9.17, 15) is 13.5 Å². The Morgan fingerprint density at radius 2 is 2.10 bits per heavy atom. The molecule has 0 aliphatic carbocycles. The number of H-pyrrole nitrogens is 1. The van der Waals surface area contributed by atoms with Crippen LogP contribution < -0.4 is 4.72 Å². The molecule has 5 nitrogen and oxygen atoms in total. The predicted octanol–water partition coefficient (Wildman–Crippen LogP) is 2.51. The van der Waals surface area contributed by atoms with Crippen molar-refractivity contribution in [2.45, 2.75) is 33.3 Å². The van der Waals surface area contributed by atoms with Crippen molar-refractivity contribution in [1.82, 2.24) is 4.98 Å². The zero-order valence-electron chi connectivity index (χ0n) is 11.7. The minimum absolute atomic E-state index is 0.0575. The van der Waals surface area contributed by atoms with Gasteiger partial charge in [-0.2, -0.15) is 0 Å². The molecular formula is C14H20N2O3S. The second kappa shape index (κ2) is 5.85. The van der Waals surface area contributed by atoms with Crippen LogP contribution in [0.25, 0.3) is 10.9 Å². The standard InChI is InChI=1S/C14H20N2O3S/c1-3-4-7-20(18,19)16-11-5-6-13-12(8-11)10(2)14(9-17)15-13/h5-6,8,15-17H,3-4,7,9H2,1-2H3. The Balaban J connectivity index is 2.30. The van der Waals surface area contributed by atoms with Crippen LogP contribution in [0, 0.1) is 6.92 Å². The quantitative estimate of drug-likeness (QED) is 0.766. The van der Waals surface area contributed by atoms with Gasteiger partial charge in [-0.25, -0.2) is 8.42 Å². The highest BCUT2D eigenvalue weighted by atomic mass is 32.2. The number of nitrogens with one attached hydrogen (secondary N) is 2. The number of aromatic amines is 1. The van der Waals surface area contributed by atoms with Gasteiger partial charge in [0.25, 0.3) is 0 Å². The zero-order chi connectivity index (χ0) is 14.8. The van der Waals surface area contributed by atoms with E-state index in [4.69, 9.17) is 0 Å². The highest BCUT2D eigenvalue weighted by Crippen LogP contribution is 2.25. The fourth-order valence-electron chi connectivity index (χ4n) is 2.17. The Morgan fingerprint density at radius 1 is 1.35 bits per heavy atom. The van der Waals surface area contributed by atoms with Gasteiger partial charge in [-0.15, -0.1) is 0 Å². The number of fused-ring (bicyclic) bond motifs is 1. The molecule has 0 aliphatic rings. The first kappa shape index (κ1) is 14.9. The van der Waals surface area contributed by atoms with Crippen LogP contribution in [0.4, 0.5) is 5.69 Å². The number of rotatable bonds is 6. The number of aromatic nitrogens is 1. The van der Waals surface area contributed by atoms with Gasteiger partial charge in [-0.05, 0) is 37.1 Å². The van der Waals surface area contributed by atoms with Gasteiger partial charge in [-0.3, -0.25) is 4.72 Å². The molecule has 2 rings (SSSR count). The van der Waals surface area contributed by atoms with Gasteiger partial charge in [0.15, 0.2) is 0 Å². The molecule has 6 heteroatoms. The number of anilines is 1. The van der Waals surface area contributed by atoms with Crippen LogP contribution in [0.3, 0.4) is 0 Å². The maximum Gasteiger partial charge on any atom is 0.232 e. The van der Waals surface area contributed by atoms with E-state index in [0.29, 0.717) is 12.1 Å². The van der Waals surface area contributed by atoms with Gasteiger partial charge in [0.2, 0.25) is 10.0 Å². The van der Waals surface area contributed by atoms with Crippen molar-refractivity contribution in [3.63, 3.8) is 0 Å². The average molecular weight is 296 g/mol. The topological polar surface area (TPSA) is 82.2 Å². The normalized spacial score (nSPS) is 11.9. The number of hydrogen-bond donors (Lipinski definition) is 3. The highest BCUT2D eigenvalue weighted by Gasteiger charge is 2.12. The summed E-state index contributed by atoms with van der Waals surface area (Å²) in [6, 6.07) is 5.34. The molecule has 0 fully saturated rings. The van der Waals surface area contributed by atoms with Crippen molar-refractivity contribution in [3.05, 3.63) is 29.5 Å². The third-order valence-electron chi connectivity index (χ3n) is 3.36. The first-order chi connectivity index (χ1) is 9.46. The van der Waals surface area contributed by atoms with Gasteiger partial charge in [0.05, 0.1) is 12.4 Å². The van der Waals surface area contributed by atoms with E-state index in [1.807, 2.05) is 19.9 Å². The minimum atomic E-state index is -3.29. The maximum absolute atomic E-state index is 11.9. The number of hydrogen-bond acceptors (Lipinski definition) is 3. The molecule has 20 heavy (non-hydrogen) atoms. The molecule has 0 unspecified atom stereocenters. The first-order valence-electron chi connectivity index (χ1n) is 6.69. The summed E-state index contributed by atoms with van der Waals surface area (Å²) in [4.78, 5) is 3.11. The molecule has 0 amide bonds. The van der Waals surface area contributed by atoms with Crippen molar-refractivity contribution < 1.29 is 13.5 Å². The zero-order valence-corrected chi connectivity index (χ0v) is 12.5. The second-order valence-corrected chi connectivity index (χ2v) is 6.76. The van der Waals surface area contributed by atoms with E-state index >= 15 is 0 Å². The summed E-state index contributed by atoms with van der Waals surface area (Å²) in [5.41, 5.74) is 3.14. The summed E-state index contributed by atoms with van der Waals surface area (Å²) in [5, 5.41) is 10.2. The second-order valence-electron chi connectivity index (χ2n) is 4.92. The van der Waals surface area contributed by atoms with Crippen molar-refractivity contribution in [2.75, 3.05) is 10.5 Å². The van der Waals surface area contributed by atoms with Crippen LogP contribution in [-0.2, 0) is 16.6 Å². The number of aliphatic hydroxyl groups is 1. The lowest BCUT2D eigenvalue weighted by Gasteiger charge is -2.07. The summed E-state index contributed by atoms with van der Waals surface area (Å²) in [5.74, 6) is 0.134. The summed E-state index contributed by atoms with van der Waals surface area (Å²) < 4.78 is 26.4. The number of aryl methyl sites for hydroxylation is 1. The van der Waals surface area contributed by atoms with Gasteiger partial charge < -0.3 is 10.1 Å². The molecule has 1 aromatic heterocycles. The Labute approximate surface area is 119 Å².